The maximum absolute atomic E-state index is 2.77. The summed E-state index contributed by atoms with van der Waals surface area (Å²) < 4.78 is 0. The van der Waals surface area contributed by atoms with Crippen LogP contribution in [0.25, 0.3) is 0 Å². The molecule has 0 saturated carbocycles. The third-order valence-electron chi connectivity index (χ3n) is 6.27. The molecular formula is C20H42N2Si2. The van der Waals surface area contributed by atoms with Crippen LogP contribution in [0.15, 0.2) is 11.4 Å². The first-order valence-corrected chi connectivity index (χ1v) is 17.1. The second kappa shape index (κ2) is 7.57. The molecule has 2 nitrogen and oxygen atoms in total. The Labute approximate surface area is 153 Å². The highest BCUT2D eigenvalue weighted by molar-refractivity contribution is 6.78. The van der Waals surface area contributed by atoms with Crippen LogP contribution in [0.1, 0.15) is 27.7 Å². The fraction of sp³-hybridized carbons (Fsp3) is 0.900. The van der Waals surface area contributed by atoms with Gasteiger partial charge in [-0.2, -0.15) is 0 Å². The van der Waals surface area contributed by atoms with Gasteiger partial charge < -0.3 is 9.80 Å². The highest BCUT2D eigenvalue weighted by atomic mass is 28.3. The minimum absolute atomic E-state index is 0.637. The Balaban J connectivity index is 2.28. The molecule has 2 rings (SSSR count). The quantitative estimate of drug-likeness (QED) is 0.601. The van der Waals surface area contributed by atoms with Gasteiger partial charge in [0.15, 0.2) is 0 Å². The molecule has 2 aliphatic rings. The summed E-state index contributed by atoms with van der Waals surface area (Å²) in [5.74, 6) is 1.27. The lowest BCUT2D eigenvalue weighted by Gasteiger charge is -2.45. The van der Waals surface area contributed by atoms with Gasteiger partial charge in [-0.3, -0.25) is 0 Å². The van der Waals surface area contributed by atoms with E-state index < -0.39 is 16.1 Å². The summed E-state index contributed by atoms with van der Waals surface area (Å²) in [6.45, 7) is 25.2. The SMILES string of the molecule is CC(C)/C(=C(\C(C)C)N1CC[Si](C)(C)CC1)N1CC[Si](C)(C)CC1. The van der Waals surface area contributed by atoms with Gasteiger partial charge in [0, 0.05) is 37.6 Å². The van der Waals surface area contributed by atoms with E-state index in [0.717, 1.165) is 0 Å². The second-order valence-corrected chi connectivity index (χ2v) is 21.0. The normalized spacial score (nSPS) is 25.2. The van der Waals surface area contributed by atoms with Gasteiger partial charge in [-0.05, 0) is 36.0 Å². The zero-order chi connectivity index (χ0) is 18.1. The summed E-state index contributed by atoms with van der Waals surface area (Å²) >= 11 is 0. The molecule has 0 spiro atoms. The van der Waals surface area contributed by atoms with Gasteiger partial charge >= 0.3 is 0 Å². The lowest BCUT2D eigenvalue weighted by Crippen LogP contribution is -2.47. The van der Waals surface area contributed by atoms with Crippen LogP contribution >= 0.6 is 0 Å². The van der Waals surface area contributed by atoms with E-state index in [1.807, 2.05) is 0 Å². The van der Waals surface area contributed by atoms with Crippen molar-refractivity contribution in [3.63, 3.8) is 0 Å². The molecule has 0 bridgehead atoms. The van der Waals surface area contributed by atoms with Crippen molar-refractivity contribution in [3.05, 3.63) is 11.4 Å². The molecule has 0 aromatic rings. The van der Waals surface area contributed by atoms with Gasteiger partial charge in [0.1, 0.15) is 0 Å². The molecular weight excluding hydrogens is 324 g/mol. The third kappa shape index (κ3) is 4.90. The summed E-state index contributed by atoms with van der Waals surface area (Å²) in [6.07, 6.45) is 0. The Morgan fingerprint density at radius 3 is 1.04 bits per heavy atom. The smallest absolute Gasteiger partial charge is 0.0508 e. The molecule has 0 aliphatic carbocycles. The van der Waals surface area contributed by atoms with Gasteiger partial charge in [0.25, 0.3) is 0 Å². The van der Waals surface area contributed by atoms with Gasteiger partial charge in [-0.25, -0.2) is 0 Å². The van der Waals surface area contributed by atoms with Crippen molar-refractivity contribution < 1.29 is 0 Å². The van der Waals surface area contributed by atoms with Crippen LogP contribution in [0, 0.1) is 11.8 Å². The lowest BCUT2D eigenvalue weighted by molar-refractivity contribution is 0.266. The van der Waals surface area contributed by atoms with Gasteiger partial charge in [0.05, 0.1) is 16.1 Å². The maximum atomic E-state index is 2.77. The number of hydrogen-bond acceptors (Lipinski definition) is 2. The predicted molar refractivity (Wildman–Crippen MR) is 114 cm³/mol. The summed E-state index contributed by atoms with van der Waals surface area (Å²) in [6, 6.07) is 5.87. The molecule has 0 aromatic carbocycles. The van der Waals surface area contributed by atoms with Crippen molar-refractivity contribution >= 4 is 16.1 Å². The van der Waals surface area contributed by atoms with Crippen LogP contribution in [0.2, 0.25) is 50.4 Å². The molecule has 2 heterocycles. The molecule has 2 aliphatic heterocycles. The van der Waals surface area contributed by atoms with E-state index in [1.54, 1.807) is 11.4 Å². The van der Waals surface area contributed by atoms with Crippen LogP contribution in [-0.4, -0.2) is 52.1 Å². The van der Waals surface area contributed by atoms with Crippen LogP contribution < -0.4 is 0 Å². The summed E-state index contributed by atoms with van der Waals surface area (Å²) in [4.78, 5) is 5.55. The summed E-state index contributed by atoms with van der Waals surface area (Å²) in [5.41, 5.74) is 3.35. The van der Waals surface area contributed by atoms with E-state index >= 15 is 0 Å². The molecule has 2 saturated heterocycles. The zero-order valence-corrected chi connectivity index (χ0v) is 19.7. The predicted octanol–water partition coefficient (Wildman–Crippen LogP) is 5.56. The first-order valence-electron chi connectivity index (χ1n) is 10.3. The molecule has 0 aromatic heterocycles. The van der Waals surface area contributed by atoms with Crippen LogP contribution in [0.5, 0.6) is 0 Å². The molecule has 4 heteroatoms. The fourth-order valence-electron chi connectivity index (χ4n) is 4.35. The molecule has 0 N–H and O–H groups in total. The van der Waals surface area contributed by atoms with Gasteiger partial charge in [-0.1, -0.05) is 53.9 Å². The third-order valence-corrected chi connectivity index (χ3v) is 12.6. The number of nitrogens with zero attached hydrogens (tertiary/aromatic N) is 2. The maximum Gasteiger partial charge on any atom is 0.0508 e. The zero-order valence-electron chi connectivity index (χ0n) is 17.7. The fourth-order valence-corrected chi connectivity index (χ4v) is 8.35. The Kier molecular flexibility index (Phi) is 6.33. The average Bonchev–Trinajstić information content (AvgIpc) is 2.45. The van der Waals surface area contributed by atoms with E-state index in [-0.39, 0.29) is 0 Å². The molecule has 0 atom stereocenters. The van der Waals surface area contributed by atoms with Gasteiger partial charge in [-0.15, -0.1) is 0 Å². The Morgan fingerprint density at radius 1 is 0.583 bits per heavy atom. The number of hydrogen-bond donors (Lipinski definition) is 0. The standard InChI is InChI=1S/C20H42N2Si2/c1-17(2)19(21-9-13-23(5,6)14-10-21)20(18(3)4)22-11-15-24(7,8)16-12-22/h17-18H,9-16H2,1-8H3/b20-19-. The van der Waals surface area contributed by atoms with Crippen molar-refractivity contribution in [3.8, 4) is 0 Å². The largest absolute Gasteiger partial charge is 0.374 e. The second-order valence-electron chi connectivity index (χ2n) is 10.4. The number of allylic oxidation sites excluding steroid dienone is 2. The van der Waals surface area contributed by atoms with E-state index in [2.05, 4.69) is 63.7 Å². The van der Waals surface area contributed by atoms with E-state index in [9.17, 15) is 0 Å². The highest BCUT2D eigenvalue weighted by Crippen LogP contribution is 2.35. The Hall–Kier alpha value is -0.226. The first kappa shape index (κ1) is 20.1. The van der Waals surface area contributed by atoms with Crippen molar-refractivity contribution in [2.24, 2.45) is 11.8 Å². The summed E-state index contributed by atoms with van der Waals surface area (Å²) in [7, 11) is -1.81. The van der Waals surface area contributed by atoms with E-state index in [0.29, 0.717) is 11.8 Å². The Morgan fingerprint density at radius 2 is 0.833 bits per heavy atom. The molecule has 140 valence electrons. The molecule has 0 amide bonds. The van der Waals surface area contributed by atoms with Crippen molar-refractivity contribution in [1.82, 2.24) is 9.80 Å². The van der Waals surface area contributed by atoms with E-state index in [1.165, 1.54) is 50.4 Å². The molecule has 2 fully saturated rings. The van der Waals surface area contributed by atoms with Crippen molar-refractivity contribution in [2.45, 2.75) is 78.1 Å². The van der Waals surface area contributed by atoms with Crippen LogP contribution in [-0.2, 0) is 0 Å². The van der Waals surface area contributed by atoms with E-state index in [4.69, 9.17) is 0 Å². The number of rotatable bonds is 4. The Bertz CT molecular complexity index is 404. The van der Waals surface area contributed by atoms with Crippen LogP contribution in [0.4, 0.5) is 0 Å². The van der Waals surface area contributed by atoms with Crippen LogP contribution in [0.3, 0.4) is 0 Å². The molecule has 0 radical (unpaired) electrons. The molecule has 0 unspecified atom stereocenters. The average molecular weight is 367 g/mol. The van der Waals surface area contributed by atoms with Gasteiger partial charge in [0.2, 0.25) is 0 Å². The summed E-state index contributed by atoms with van der Waals surface area (Å²) in [5, 5.41) is 0. The monoisotopic (exact) mass is 366 g/mol. The first-order chi connectivity index (χ1) is 11.0. The topological polar surface area (TPSA) is 6.48 Å². The minimum Gasteiger partial charge on any atom is -0.374 e. The van der Waals surface area contributed by atoms with Crippen molar-refractivity contribution in [1.29, 1.82) is 0 Å². The lowest BCUT2D eigenvalue weighted by atomic mass is 9.98. The minimum atomic E-state index is -0.906. The van der Waals surface area contributed by atoms with Crippen molar-refractivity contribution in [2.75, 3.05) is 26.2 Å². The highest BCUT2D eigenvalue weighted by Gasteiger charge is 2.34. The molecule has 24 heavy (non-hydrogen) atoms.